The van der Waals surface area contributed by atoms with Gasteiger partial charge in [-0.15, -0.1) is 11.6 Å². The highest BCUT2D eigenvalue weighted by atomic mass is 35.5. The maximum Gasteiger partial charge on any atom is 0.287 e. The minimum absolute atomic E-state index is 0.122. The van der Waals surface area contributed by atoms with Crippen LogP contribution in [0.25, 0.3) is 0 Å². The fourth-order valence-corrected chi connectivity index (χ4v) is 2.16. The number of amides is 1. The molecule has 0 spiro atoms. The summed E-state index contributed by atoms with van der Waals surface area (Å²) in [6.45, 7) is 0. The van der Waals surface area contributed by atoms with Crippen LogP contribution in [0.1, 0.15) is 29.8 Å². The lowest BCUT2D eigenvalue weighted by molar-refractivity contribution is -0.384. The van der Waals surface area contributed by atoms with Gasteiger partial charge in [-0.25, -0.2) is 0 Å². The number of H-pyrrole nitrogens is 1. The smallest absolute Gasteiger partial charge is 0.287 e. The molecule has 1 aliphatic carbocycles. The quantitative estimate of drug-likeness (QED) is 0.490. The van der Waals surface area contributed by atoms with Gasteiger partial charge in [0.15, 0.2) is 0 Å². The van der Waals surface area contributed by atoms with Crippen LogP contribution in [-0.4, -0.2) is 27.2 Å². The Labute approximate surface area is 102 Å². The molecule has 1 aromatic heterocycles. The summed E-state index contributed by atoms with van der Waals surface area (Å²) in [5.74, 6) is 0.0140. The van der Waals surface area contributed by atoms with Crippen molar-refractivity contribution in [2.75, 3.05) is 5.88 Å². The number of carbonyl (C=O) groups excluding carboxylic acids is 1. The van der Waals surface area contributed by atoms with Crippen molar-refractivity contribution in [3.63, 3.8) is 0 Å². The highest BCUT2D eigenvalue weighted by molar-refractivity contribution is 6.19. The molecule has 0 saturated heterocycles. The van der Waals surface area contributed by atoms with Crippen molar-refractivity contribution in [3.8, 4) is 0 Å². The summed E-state index contributed by atoms with van der Waals surface area (Å²) in [4.78, 5) is 24.3. The average molecular weight is 258 g/mol. The summed E-state index contributed by atoms with van der Waals surface area (Å²) in [5.41, 5.74) is -0.268. The van der Waals surface area contributed by atoms with Crippen molar-refractivity contribution in [2.24, 2.45) is 0 Å². The third-order valence-corrected chi connectivity index (χ3v) is 3.58. The molecule has 0 bridgehead atoms. The average Bonchev–Trinajstić information content (AvgIpc) is 2.72. The molecule has 0 unspecified atom stereocenters. The van der Waals surface area contributed by atoms with Crippen LogP contribution >= 0.6 is 11.6 Å². The molecule has 1 amide bonds. The van der Waals surface area contributed by atoms with Crippen molar-refractivity contribution in [3.05, 3.63) is 28.1 Å². The van der Waals surface area contributed by atoms with Crippen molar-refractivity contribution >= 4 is 23.2 Å². The number of hydrogen-bond donors (Lipinski definition) is 2. The number of rotatable bonds is 4. The molecular formula is C10H12ClN3O3. The predicted octanol–water partition coefficient (Wildman–Crippen LogP) is 1.81. The molecule has 6 nitrogen and oxygen atoms in total. The minimum atomic E-state index is -0.548. The van der Waals surface area contributed by atoms with E-state index in [9.17, 15) is 14.9 Å². The van der Waals surface area contributed by atoms with E-state index in [-0.39, 0.29) is 22.8 Å². The molecule has 1 aromatic rings. The van der Waals surface area contributed by atoms with E-state index in [0.717, 1.165) is 19.3 Å². The first kappa shape index (κ1) is 11.9. The van der Waals surface area contributed by atoms with E-state index in [0.29, 0.717) is 5.88 Å². The van der Waals surface area contributed by atoms with Crippen LogP contribution < -0.4 is 5.32 Å². The zero-order valence-corrected chi connectivity index (χ0v) is 9.79. The Balaban J connectivity index is 2.06. The second kappa shape index (κ2) is 4.37. The number of nitrogens with zero attached hydrogens (tertiary/aromatic N) is 1. The van der Waals surface area contributed by atoms with Crippen LogP contribution in [0.3, 0.4) is 0 Å². The van der Waals surface area contributed by atoms with E-state index in [1.165, 1.54) is 12.3 Å². The van der Waals surface area contributed by atoms with E-state index >= 15 is 0 Å². The summed E-state index contributed by atoms with van der Waals surface area (Å²) >= 11 is 5.81. The van der Waals surface area contributed by atoms with Gasteiger partial charge in [0, 0.05) is 11.9 Å². The third-order valence-electron chi connectivity index (χ3n) is 3.07. The summed E-state index contributed by atoms with van der Waals surface area (Å²) < 4.78 is 0. The molecule has 0 atom stereocenters. The van der Waals surface area contributed by atoms with Crippen LogP contribution in [-0.2, 0) is 0 Å². The van der Waals surface area contributed by atoms with E-state index < -0.39 is 4.92 Å². The standard InChI is InChI=1S/C10H12ClN3O3/c11-6-10(2-1-3-10)13-9(15)8-4-7(5-12-8)14(16)17/h4-5,12H,1-3,6H2,(H,13,15). The Morgan fingerprint density at radius 1 is 1.65 bits per heavy atom. The van der Waals surface area contributed by atoms with E-state index in [1.807, 2.05) is 0 Å². The van der Waals surface area contributed by atoms with Crippen LogP contribution in [0.5, 0.6) is 0 Å². The summed E-state index contributed by atoms with van der Waals surface area (Å²) in [6.07, 6.45) is 3.94. The molecule has 7 heteroatoms. The lowest BCUT2D eigenvalue weighted by Crippen LogP contribution is -2.55. The zero-order valence-electron chi connectivity index (χ0n) is 9.03. The van der Waals surface area contributed by atoms with Gasteiger partial charge in [0.1, 0.15) is 5.69 Å². The molecule has 17 heavy (non-hydrogen) atoms. The molecule has 92 valence electrons. The molecule has 1 aliphatic rings. The Morgan fingerprint density at radius 3 is 2.76 bits per heavy atom. The van der Waals surface area contributed by atoms with Gasteiger partial charge in [-0.3, -0.25) is 14.9 Å². The Bertz CT molecular complexity index is 448. The molecule has 0 radical (unpaired) electrons. The fraction of sp³-hybridized carbons (Fsp3) is 0.500. The number of halogens is 1. The largest absolute Gasteiger partial charge is 0.351 e. The number of aromatic amines is 1. The Hall–Kier alpha value is -1.56. The van der Waals surface area contributed by atoms with E-state index in [4.69, 9.17) is 11.6 Å². The van der Waals surface area contributed by atoms with Crippen molar-refractivity contribution < 1.29 is 9.72 Å². The molecule has 2 N–H and O–H groups in total. The van der Waals surface area contributed by atoms with Crippen molar-refractivity contribution in [2.45, 2.75) is 24.8 Å². The zero-order chi connectivity index (χ0) is 12.5. The molecule has 0 aromatic carbocycles. The van der Waals surface area contributed by atoms with Crippen LogP contribution in [0.2, 0.25) is 0 Å². The SMILES string of the molecule is O=C(NC1(CCl)CCC1)c1cc([N+](=O)[O-])c[nH]1. The van der Waals surface area contributed by atoms with Gasteiger partial charge in [0.05, 0.1) is 16.7 Å². The van der Waals surface area contributed by atoms with Gasteiger partial charge >= 0.3 is 0 Å². The fourth-order valence-electron chi connectivity index (χ4n) is 1.82. The molecule has 0 aliphatic heterocycles. The van der Waals surface area contributed by atoms with Crippen molar-refractivity contribution in [1.82, 2.24) is 10.3 Å². The Kier molecular flexibility index (Phi) is 3.06. The van der Waals surface area contributed by atoms with Gasteiger partial charge in [-0.2, -0.15) is 0 Å². The summed E-state index contributed by atoms with van der Waals surface area (Å²) in [5, 5.41) is 13.3. The van der Waals surface area contributed by atoms with Gasteiger partial charge < -0.3 is 10.3 Å². The van der Waals surface area contributed by atoms with E-state index in [1.54, 1.807) is 0 Å². The normalized spacial score (nSPS) is 17.2. The monoisotopic (exact) mass is 257 g/mol. The first-order chi connectivity index (χ1) is 8.06. The van der Waals surface area contributed by atoms with Gasteiger partial charge in [0.25, 0.3) is 11.6 Å². The highest BCUT2D eigenvalue weighted by Crippen LogP contribution is 2.33. The summed E-state index contributed by atoms with van der Waals surface area (Å²) in [7, 11) is 0. The van der Waals surface area contributed by atoms with Crippen LogP contribution in [0.15, 0.2) is 12.3 Å². The first-order valence-electron chi connectivity index (χ1n) is 5.28. The lowest BCUT2D eigenvalue weighted by Gasteiger charge is -2.40. The number of hydrogen-bond acceptors (Lipinski definition) is 3. The maximum absolute atomic E-state index is 11.8. The number of carbonyl (C=O) groups is 1. The summed E-state index contributed by atoms with van der Waals surface area (Å²) in [6, 6.07) is 1.22. The Morgan fingerprint density at radius 2 is 2.35 bits per heavy atom. The minimum Gasteiger partial charge on any atom is -0.351 e. The highest BCUT2D eigenvalue weighted by Gasteiger charge is 2.38. The second-order valence-corrected chi connectivity index (χ2v) is 4.52. The second-order valence-electron chi connectivity index (χ2n) is 4.25. The van der Waals surface area contributed by atoms with E-state index in [2.05, 4.69) is 10.3 Å². The predicted molar refractivity (Wildman–Crippen MR) is 62.2 cm³/mol. The number of nitrogens with one attached hydrogen (secondary N) is 2. The van der Waals surface area contributed by atoms with Crippen molar-refractivity contribution in [1.29, 1.82) is 0 Å². The number of aromatic nitrogens is 1. The van der Waals surface area contributed by atoms with Crippen LogP contribution in [0.4, 0.5) is 5.69 Å². The van der Waals surface area contributed by atoms with Gasteiger partial charge in [-0.05, 0) is 19.3 Å². The molecule has 1 saturated carbocycles. The number of alkyl halides is 1. The van der Waals surface area contributed by atoms with Crippen LogP contribution in [0, 0.1) is 10.1 Å². The maximum atomic E-state index is 11.8. The molecule has 2 rings (SSSR count). The molecule has 1 fully saturated rings. The molecule has 1 heterocycles. The third kappa shape index (κ3) is 2.26. The topological polar surface area (TPSA) is 88.0 Å². The molecular weight excluding hydrogens is 246 g/mol. The lowest BCUT2D eigenvalue weighted by atomic mass is 9.78. The van der Waals surface area contributed by atoms with Gasteiger partial charge in [-0.1, -0.05) is 0 Å². The van der Waals surface area contributed by atoms with Gasteiger partial charge in [0.2, 0.25) is 0 Å². The number of nitro groups is 1. The first-order valence-corrected chi connectivity index (χ1v) is 5.81.